The normalized spacial score (nSPS) is 12.1. The van der Waals surface area contributed by atoms with Crippen molar-refractivity contribution in [2.75, 3.05) is 21.3 Å². The third kappa shape index (κ3) is 4.94. The van der Waals surface area contributed by atoms with Gasteiger partial charge in [0.1, 0.15) is 11.4 Å². The summed E-state index contributed by atoms with van der Waals surface area (Å²) < 4.78 is 20.6. The van der Waals surface area contributed by atoms with Crippen molar-refractivity contribution in [1.82, 2.24) is 5.32 Å². The zero-order chi connectivity index (χ0) is 18.5. The molecule has 0 unspecified atom stereocenters. The van der Waals surface area contributed by atoms with E-state index in [-0.39, 0.29) is 11.3 Å². The standard InChI is InChI=1S/C16H23NO7/c1-16(2,3)24-15(20)17-13(14(18)19)9-7-11(22-5)12(23-6)8-10(9)21-4/h7-8,13H,1-6H3,(H,17,20)(H,18,19)/t13-/m0/s1. The lowest BCUT2D eigenvalue weighted by atomic mass is 10.0. The fourth-order valence-electron chi connectivity index (χ4n) is 1.98. The Morgan fingerprint density at radius 1 is 1.00 bits per heavy atom. The van der Waals surface area contributed by atoms with Crippen molar-refractivity contribution >= 4 is 12.1 Å². The van der Waals surface area contributed by atoms with E-state index in [0.29, 0.717) is 11.5 Å². The molecule has 1 aromatic rings. The lowest BCUT2D eigenvalue weighted by Gasteiger charge is -2.23. The molecule has 1 rings (SSSR count). The summed E-state index contributed by atoms with van der Waals surface area (Å²) in [6.45, 7) is 5.04. The molecule has 0 aliphatic carbocycles. The molecule has 0 heterocycles. The molecule has 0 aromatic heterocycles. The second-order valence-corrected chi connectivity index (χ2v) is 5.87. The highest BCUT2D eigenvalue weighted by atomic mass is 16.6. The second-order valence-electron chi connectivity index (χ2n) is 5.87. The molecule has 0 saturated heterocycles. The minimum absolute atomic E-state index is 0.202. The molecule has 0 bridgehead atoms. The first kappa shape index (κ1) is 19.4. The smallest absolute Gasteiger partial charge is 0.408 e. The maximum atomic E-state index is 11.9. The Kier molecular flexibility index (Phi) is 6.27. The van der Waals surface area contributed by atoms with Crippen LogP contribution in [0.15, 0.2) is 12.1 Å². The Morgan fingerprint density at radius 2 is 1.50 bits per heavy atom. The van der Waals surface area contributed by atoms with Crippen molar-refractivity contribution in [2.24, 2.45) is 0 Å². The number of carboxylic acid groups (broad SMARTS) is 1. The summed E-state index contributed by atoms with van der Waals surface area (Å²) in [4.78, 5) is 23.6. The Balaban J connectivity index is 3.25. The number of carbonyl (C=O) groups excluding carboxylic acids is 1. The van der Waals surface area contributed by atoms with Gasteiger partial charge in [0, 0.05) is 11.6 Å². The lowest BCUT2D eigenvalue weighted by Crippen LogP contribution is -2.38. The molecule has 2 N–H and O–H groups in total. The van der Waals surface area contributed by atoms with Crippen molar-refractivity contribution in [3.05, 3.63) is 17.7 Å². The number of alkyl carbamates (subject to hydrolysis) is 1. The molecule has 134 valence electrons. The van der Waals surface area contributed by atoms with E-state index in [1.807, 2.05) is 0 Å². The zero-order valence-corrected chi connectivity index (χ0v) is 14.6. The van der Waals surface area contributed by atoms with Gasteiger partial charge in [-0.1, -0.05) is 0 Å². The predicted molar refractivity (Wildman–Crippen MR) is 85.8 cm³/mol. The molecular formula is C16H23NO7. The van der Waals surface area contributed by atoms with E-state index in [1.165, 1.54) is 33.5 Å². The van der Waals surface area contributed by atoms with Gasteiger partial charge in [-0.2, -0.15) is 0 Å². The largest absolute Gasteiger partial charge is 0.496 e. The van der Waals surface area contributed by atoms with E-state index in [4.69, 9.17) is 18.9 Å². The molecule has 0 aliphatic heterocycles. The maximum absolute atomic E-state index is 11.9. The van der Waals surface area contributed by atoms with Gasteiger partial charge in [-0.25, -0.2) is 9.59 Å². The van der Waals surface area contributed by atoms with E-state index in [1.54, 1.807) is 20.8 Å². The van der Waals surface area contributed by atoms with E-state index >= 15 is 0 Å². The average Bonchev–Trinajstić information content (AvgIpc) is 2.49. The van der Waals surface area contributed by atoms with Gasteiger partial charge in [-0.15, -0.1) is 0 Å². The molecule has 0 spiro atoms. The topological polar surface area (TPSA) is 103 Å². The van der Waals surface area contributed by atoms with Crippen LogP contribution in [-0.4, -0.2) is 44.1 Å². The zero-order valence-electron chi connectivity index (χ0n) is 14.6. The molecule has 0 aliphatic rings. The quantitative estimate of drug-likeness (QED) is 0.818. The minimum atomic E-state index is -1.38. The van der Waals surface area contributed by atoms with Crippen LogP contribution in [-0.2, 0) is 9.53 Å². The number of methoxy groups -OCH3 is 3. The molecule has 0 radical (unpaired) electrons. The van der Waals surface area contributed by atoms with Gasteiger partial charge in [-0.05, 0) is 26.8 Å². The molecule has 1 atom stereocenters. The van der Waals surface area contributed by atoms with Gasteiger partial charge < -0.3 is 29.4 Å². The minimum Gasteiger partial charge on any atom is -0.496 e. The summed E-state index contributed by atoms with van der Waals surface area (Å²) in [5, 5.41) is 11.8. The Labute approximate surface area is 140 Å². The number of aliphatic carboxylic acids is 1. The summed E-state index contributed by atoms with van der Waals surface area (Å²) in [5.74, 6) is -0.354. The Hall–Kier alpha value is -2.64. The number of ether oxygens (including phenoxy) is 4. The van der Waals surface area contributed by atoms with Crippen LogP contribution >= 0.6 is 0 Å². The summed E-state index contributed by atoms with van der Waals surface area (Å²) in [7, 11) is 4.26. The Morgan fingerprint density at radius 3 is 1.92 bits per heavy atom. The van der Waals surface area contributed by atoms with Crippen LogP contribution in [0, 0.1) is 0 Å². The van der Waals surface area contributed by atoms with Gasteiger partial charge >= 0.3 is 12.1 Å². The number of nitrogens with one attached hydrogen (secondary N) is 1. The van der Waals surface area contributed by atoms with Crippen molar-refractivity contribution in [2.45, 2.75) is 32.4 Å². The molecule has 1 aromatic carbocycles. The van der Waals surface area contributed by atoms with Gasteiger partial charge in [-0.3, -0.25) is 0 Å². The summed E-state index contributed by atoms with van der Waals surface area (Å²) in [6, 6.07) is 1.55. The van der Waals surface area contributed by atoms with Crippen LogP contribution in [0.4, 0.5) is 4.79 Å². The molecule has 0 fully saturated rings. The highest BCUT2D eigenvalue weighted by molar-refractivity contribution is 5.82. The first-order chi connectivity index (χ1) is 11.1. The summed E-state index contributed by atoms with van der Waals surface area (Å²) in [6.07, 6.45) is -0.855. The predicted octanol–water partition coefficient (Wildman–Crippen LogP) is 2.36. The highest BCUT2D eigenvalue weighted by Crippen LogP contribution is 2.37. The molecule has 1 amide bonds. The van der Waals surface area contributed by atoms with Gasteiger partial charge in [0.05, 0.1) is 21.3 Å². The Bertz CT molecular complexity index is 607. The summed E-state index contributed by atoms with van der Waals surface area (Å²) >= 11 is 0. The average molecular weight is 341 g/mol. The molecule has 24 heavy (non-hydrogen) atoms. The monoisotopic (exact) mass is 341 g/mol. The highest BCUT2D eigenvalue weighted by Gasteiger charge is 2.29. The number of rotatable bonds is 6. The van der Waals surface area contributed by atoms with Gasteiger partial charge in [0.25, 0.3) is 0 Å². The number of carbonyl (C=O) groups is 2. The third-order valence-corrected chi connectivity index (χ3v) is 2.95. The van der Waals surface area contributed by atoms with Crippen LogP contribution in [0.5, 0.6) is 17.2 Å². The first-order valence-electron chi connectivity index (χ1n) is 7.15. The van der Waals surface area contributed by atoms with Crippen LogP contribution in [0.3, 0.4) is 0 Å². The van der Waals surface area contributed by atoms with Crippen LogP contribution in [0.1, 0.15) is 32.4 Å². The van der Waals surface area contributed by atoms with Crippen LogP contribution < -0.4 is 19.5 Å². The van der Waals surface area contributed by atoms with E-state index in [2.05, 4.69) is 5.32 Å². The number of hydrogen-bond donors (Lipinski definition) is 2. The van der Waals surface area contributed by atoms with E-state index in [9.17, 15) is 14.7 Å². The fourth-order valence-corrected chi connectivity index (χ4v) is 1.98. The number of hydrogen-bond acceptors (Lipinski definition) is 6. The molecule has 0 saturated carbocycles. The summed E-state index contributed by atoms with van der Waals surface area (Å²) in [5.41, 5.74) is -0.553. The van der Waals surface area contributed by atoms with Crippen molar-refractivity contribution < 1.29 is 33.6 Å². The van der Waals surface area contributed by atoms with Crippen LogP contribution in [0.2, 0.25) is 0 Å². The molecule has 8 heteroatoms. The third-order valence-electron chi connectivity index (χ3n) is 2.95. The molecular weight excluding hydrogens is 318 g/mol. The van der Waals surface area contributed by atoms with Crippen LogP contribution in [0.25, 0.3) is 0 Å². The molecule has 8 nitrogen and oxygen atoms in total. The second kappa shape index (κ2) is 7.76. The van der Waals surface area contributed by atoms with E-state index in [0.717, 1.165) is 0 Å². The van der Waals surface area contributed by atoms with Crippen molar-refractivity contribution in [1.29, 1.82) is 0 Å². The van der Waals surface area contributed by atoms with E-state index < -0.39 is 23.7 Å². The number of carboxylic acids is 1. The van der Waals surface area contributed by atoms with Gasteiger partial charge in [0.15, 0.2) is 17.5 Å². The van der Waals surface area contributed by atoms with Crippen molar-refractivity contribution in [3.8, 4) is 17.2 Å². The lowest BCUT2D eigenvalue weighted by molar-refractivity contribution is -0.139. The number of amides is 1. The first-order valence-corrected chi connectivity index (χ1v) is 7.15. The number of benzene rings is 1. The van der Waals surface area contributed by atoms with Crippen molar-refractivity contribution in [3.63, 3.8) is 0 Å². The maximum Gasteiger partial charge on any atom is 0.408 e. The SMILES string of the molecule is COc1cc(OC)c([C@H](NC(=O)OC(C)(C)C)C(=O)O)cc1OC. The van der Waals surface area contributed by atoms with Gasteiger partial charge in [0.2, 0.25) is 0 Å². The fraction of sp³-hybridized carbons (Fsp3) is 0.500.